The Hall–Kier alpha value is -1.55. The topological polar surface area (TPSA) is 50.4 Å². The molecule has 1 aromatic carbocycles. The molecule has 0 aliphatic carbocycles. The van der Waals surface area contributed by atoms with E-state index in [1.165, 1.54) is 0 Å². The lowest BCUT2D eigenvalue weighted by Gasteiger charge is -2.28. The SMILES string of the molecule is CNc1ccccc1C(=O)NC1CCOC(C)C1. The molecule has 1 heterocycles. The molecule has 0 bridgehead atoms. The Balaban J connectivity index is 2.03. The van der Waals surface area contributed by atoms with Gasteiger partial charge in [0.25, 0.3) is 5.91 Å². The molecule has 1 aliphatic heterocycles. The zero-order valence-corrected chi connectivity index (χ0v) is 10.9. The van der Waals surface area contributed by atoms with Crippen LogP contribution in [0.4, 0.5) is 5.69 Å². The van der Waals surface area contributed by atoms with E-state index in [2.05, 4.69) is 10.6 Å². The van der Waals surface area contributed by atoms with E-state index in [1.54, 1.807) is 0 Å². The van der Waals surface area contributed by atoms with Crippen molar-refractivity contribution in [3.05, 3.63) is 29.8 Å². The maximum atomic E-state index is 12.2. The molecule has 1 aliphatic rings. The van der Waals surface area contributed by atoms with Crippen LogP contribution in [0.15, 0.2) is 24.3 Å². The highest BCUT2D eigenvalue weighted by Gasteiger charge is 2.22. The fourth-order valence-electron chi connectivity index (χ4n) is 2.29. The summed E-state index contributed by atoms with van der Waals surface area (Å²) in [5.41, 5.74) is 1.55. The first-order chi connectivity index (χ1) is 8.70. The molecule has 4 heteroatoms. The summed E-state index contributed by atoms with van der Waals surface area (Å²) in [6.45, 7) is 2.76. The third-order valence-corrected chi connectivity index (χ3v) is 3.26. The van der Waals surface area contributed by atoms with E-state index in [0.717, 1.165) is 25.1 Å². The highest BCUT2D eigenvalue weighted by Crippen LogP contribution is 2.17. The van der Waals surface area contributed by atoms with E-state index in [-0.39, 0.29) is 18.1 Å². The molecule has 1 fully saturated rings. The van der Waals surface area contributed by atoms with E-state index < -0.39 is 0 Å². The average Bonchev–Trinajstić information content (AvgIpc) is 2.38. The normalized spacial score (nSPS) is 23.4. The monoisotopic (exact) mass is 248 g/mol. The van der Waals surface area contributed by atoms with Crippen molar-refractivity contribution < 1.29 is 9.53 Å². The maximum Gasteiger partial charge on any atom is 0.253 e. The maximum absolute atomic E-state index is 12.2. The molecule has 1 saturated heterocycles. The second-order valence-electron chi connectivity index (χ2n) is 4.67. The minimum absolute atomic E-state index is 0.0148. The first kappa shape index (κ1) is 12.9. The highest BCUT2D eigenvalue weighted by molar-refractivity contribution is 5.99. The lowest BCUT2D eigenvalue weighted by molar-refractivity contribution is 0.0137. The number of amides is 1. The van der Waals surface area contributed by atoms with Gasteiger partial charge in [0.2, 0.25) is 0 Å². The van der Waals surface area contributed by atoms with Gasteiger partial charge in [0.05, 0.1) is 11.7 Å². The van der Waals surface area contributed by atoms with Gasteiger partial charge in [0.1, 0.15) is 0 Å². The van der Waals surface area contributed by atoms with Crippen LogP contribution >= 0.6 is 0 Å². The van der Waals surface area contributed by atoms with E-state index in [9.17, 15) is 4.79 Å². The van der Waals surface area contributed by atoms with Crippen LogP contribution in [0.25, 0.3) is 0 Å². The number of carbonyl (C=O) groups is 1. The smallest absolute Gasteiger partial charge is 0.253 e. The van der Waals surface area contributed by atoms with E-state index >= 15 is 0 Å². The number of ether oxygens (including phenoxy) is 1. The molecule has 98 valence electrons. The van der Waals surface area contributed by atoms with Crippen LogP contribution in [-0.4, -0.2) is 31.7 Å². The number of carbonyl (C=O) groups excluding carboxylic acids is 1. The summed E-state index contributed by atoms with van der Waals surface area (Å²) in [6.07, 6.45) is 1.99. The minimum atomic E-state index is -0.0148. The standard InChI is InChI=1S/C14H20N2O2/c1-10-9-11(7-8-18-10)16-14(17)12-5-3-4-6-13(12)15-2/h3-6,10-11,15H,7-9H2,1-2H3,(H,16,17). The first-order valence-electron chi connectivity index (χ1n) is 6.40. The Morgan fingerprint density at radius 2 is 2.17 bits per heavy atom. The zero-order chi connectivity index (χ0) is 13.0. The molecule has 2 N–H and O–H groups in total. The lowest BCUT2D eigenvalue weighted by atomic mass is 10.0. The van der Waals surface area contributed by atoms with Crippen molar-refractivity contribution >= 4 is 11.6 Å². The Morgan fingerprint density at radius 1 is 1.39 bits per heavy atom. The van der Waals surface area contributed by atoms with Gasteiger partial charge in [-0.15, -0.1) is 0 Å². The van der Waals surface area contributed by atoms with Crippen LogP contribution in [0.2, 0.25) is 0 Å². The molecule has 18 heavy (non-hydrogen) atoms. The van der Waals surface area contributed by atoms with E-state index in [4.69, 9.17) is 4.74 Å². The summed E-state index contributed by atoms with van der Waals surface area (Å²) in [5.74, 6) is -0.0148. The van der Waals surface area contributed by atoms with Gasteiger partial charge < -0.3 is 15.4 Å². The van der Waals surface area contributed by atoms with E-state index in [0.29, 0.717) is 5.56 Å². The second-order valence-corrected chi connectivity index (χ2v) is 4.67. The Kier molecular flexibility index (Phi) is 4.20. The van der Waals surface area contributed by atoms with Crippen LogP contribution in [-0.2, 0) is 4.74 Å². The van der Waals surface area contributed by atoms with Crippen molar-refractivity contribution in [2.45, 2.75) is 31.9 Å². The van der Waals surface area contributed by atoms with Crippen molar-refractivity contribution in [1.29, 1.82) is 0 Å². The molecule has 2 rings (SSSR count). The number of para-hydroxylation sites is 1. The average molecular weight is 248 g/mol. The van der Waals surface area contributed by atoms with Crippen molar-refractivity contribution in [2.24, 2.45) is 0 Å². The molecule has 2 unspecified atom stereocenters. The molecule has 0 radical (unpaired) electrons. The molecular weight excluding hydrogens is 228 g/mol. The van der Waals surface area contributed by atoms with Crippen molar-refractivity contribution in [3.8, 4) is 0 Å². The number of hydrogen-bond acceptors (Lipinski definition) is 3. The highest BCUT2D eigenvalue weighted by atomic mass is 16.5. The third kappa shape index (κ3) is 3.01. The molecule has 1 aromatic rings. The van der Waals surface area contributed by atoms with Gasteiger partial charge in [-0.2, -0.15) is 0 Å². The van der Waals surface area contributed by atoms with Crippen LogP contribution < -0.4 is 10.6 Å². The fourth-order valence-corrected chi connectivity index (χ4v) is 2.29. The summed E-state index contributed by atoms with van der Waals surface area (Å²) in [4.78, 5) is 12.2. The van der Waals surface area contributed by atoms with Crippen molar-refractivity contribution in [1.82, 2.24) is 5.32 Å². The molecule has 0 aromatic heterocycles. The Labute approximate surface area is 108 Å². The van der Waals surface area contributed by atoms with Crippen LogP contribution in [0.1, 0.15) is 30.1 Å². The predicted molar refractivity (Wildman–Crippen MR) is 71.9 cm³/mol. The second kappa shape index (κ2) is 5.87. The first-order valence-corrected chi connectivity index (χ1v) is 6.40. The quantitative estimate of drug-likeness (QED) is 0.860. The van der Waals surface area contributed by atoms with Crippen LogP contribution in [0, 0.1) is 0 Å². The largest absolute Gasteiger partial charge is 0.387 e. The van der Waals surface area contributed by atoms with Gasteiger partial charge >= 0.3 is 0 Å². The minimum Gasteiger partial charge on any atom is -0.387 e. The van der Waals surface area contributed by atoms with Gasteiger partial charge in [0, 0.05) is 25.4 Å². The molecule has 2 atom stereocenters. The number of nitrogens with one attached hydrogen (secondary N) is 2. The third-order valence-electron chi connectivity index (χ3n) is 3.26. The van der Waals surface area contributed by atoms with Gasteiger partial charge in [-0.05, 0) is 31.9 Å². The number of rotatable bonds is 3. The number of anilines is 1. The Bertz CT molecular complexity index is 420. The number of benzene rings is 1. The van der Waals surface area contributed by atoms with E-state index in [1.807, 2.05) is 38.2 Å². The van der Waals surface area contributed by atoms with Gasteiger partial charge in [-0.1, -0.05) is 12.1 Å². The van der Waals surface area contributed by atoms with Gasteiger partial charge in [0.15, 0.2) is 0 Å². The zero-order valence-electron chi connectivity index (χ0n) is 10.9. The molecule has 4 nitrogen and oxygen atoms in total. The van der Waals surface area contributed by atoms with Gasteiger partial charge in [-0.25, -0.2) is 0 Å². The Morgan fingerprint density at radius 3 is 2.89 bits per heavy atom. The van der Waals surface area contributed by atoms with Crippen molar-refractivity contribution in [3.63, 3.8) is 0 Å². The summed E-state index contributed by atoms with van der Waals surface area (Å²) >= 11 is 0. The summed E-state index contributed by atoms with van der Waals surface area (Å²) in [6, 6.07) is 7.75. The lowest BCUT2D eigenvalue weighted by Crippen LogP contribution is -2.41. The molecule has 1 amide bonds. The fraction of sp³-hybridized carbons (Fsp3) is 0.500. The molecule has 0 saturated carbocycles. The summed E-state index contributed by atoms with van der Waals surface area (Å²) < 4.78 is 5.48. The van der Waals surface area contributed by atoms with Crippen LogP contribution in [0.5, 0.6) is 0 Å². The summed E-state index contributed by atoms with van der Waals surface area (Å²) in [5, 5.41) is 6.12. The molecular formula is C14H20N2O2. The van der Waals surface area contributed by atoms with Crippen LogP contribution in [0.3, 0.4) is 0 Å². The summed E-state index contributed by atoms with van der Waals surface area (Å²) in [7, 11) is 1.82. The van der Waals surface area contributed by atoms with Crippen molar-refractivity contribution in [2.75, 3.05) is 19.0 Å². The molecule has 0 spiro atoms. The number of hydrogen-bond donors (Lipinski definition) is 2. The predicted octanol–water partition coefficient (Wildman–Crippen LogP) is 2.03. The van der Waals surface area contributed by atoms with Gasteiger partial charge in [-0.3, -0.25) is 4.79 Å².